The van der Waals surface area contributed by atoms with Gasteiger partial charge in [0.1, 0.15) is 0 Å². The van der Waals surface area contributed by atoms with E-state index in [1.165, 1.54) is 36.8 Å². The molecule has 1 fully saturated rings. The average Bonchev–Trinajstić information content (AvgIpc) is 2.37. The highest BCUT2D eigenvalue weighted by Gasteiger charge is 2.27. The van der Waals surface area contributed by atoms with Gasteiger partial charge in [0.05, 0.1) is 6.61 Å². The molecule has 1 aliphatic carbocycles. The first kappa shape index (κ1) is 14.5. The minimum absolute atomic E-state index is 0.512. The highest BCUT2D eigenvalue weighted by atomic mass is 16.5. The number of nitrogens with one attached hydrogen (secondary N) is 1. The zero-order valence-corrected chi connectivity index (χ0v) is 12.5. The highest BCUT2D eigenvalue weighted by Crippen LogP contribution is 2.35. The number of ether oxygens (including phenoxy) is 1. The summed E-state index contributed by atoms with van der Waals surface area (Å²) in [6.45, 7) is 6.46. The van der Waals surface area contributed by atoms with Gasteiger partial charge in [0, 0.05) is 19.7 Å². The molecule has 106 valence electrons. The van der Waals surface area contributed by atoms with E-state index in [9.17, 15) is 0 Å². The lowest BCUT2D eigenvalue weighted by Gasteiger charge is -2.35. The fourth-order valence-corrected chi connectivity index (χ4v) is 3.05. The SMILES string of the molecule is COCc1ccc(CNC2CCCC(C)(C)C2)cc1. The van der Waals surface area contributed by atoms with Gasteiger partial charge in [-0.2, -0.15) is 0 Å². The van der Waals surface area contributed by atoms with E-state index >= 15 is 0 Å². The Morgan fingerprint density at radius 1 is 1.21 bits per heavy atom. The third-order valence-electron chi connectivity index (χ3n) is 4.13. The van der Waals surface area contributed by atoms with Crippen LogP contribution in [-0.4, -0.2) is 13.2 Å². The molecule has 1 aromatic carbocycles. The predicted octanol–water partition coefficient (Wildman–Crippen LogP) is 3.89. The fraction of sp³-hybridized carbons (Fsp3) is 0.647. The summed E-state index contributed by atoms with van der Waals surface area (Å²) in [5.41, 5.74) is 3.12. The monoisotopic (exact) mass is 261 g/mol. The van der Waals surface area contributed by atoms with Gasteiger partial charge in [-0.1, -0.05) is 44.5 Å². The molecule has 1 atom stereocenters. The van der Waals surface area contributed by atoms with Crippen LogP contribution in [0.2, 0.25) is 0 Å². The van der Waals surface area contributed by atoms with E-state index in [4.69, 9.17) is 4.74 Å². The molecule has 0 heterocycles. The van der Waals surface area contributed by atoms with Crippen molar-refractivity contribution in [3.63, 3.8) is 0 Å². The molecule has 0 radical (unpaired) electrons. The van der Waals surface area contributed by atoms with Crippen molar-refractivity contribution in [1.82, 2.24) is 5.32 Å². The van der Waals surface area contributed by atoms with Crippen molar-refractivity contribution in [2.45, 2.75) is 58.7 Å². The third kappa shape index (κ3) is 4.63. The summed E-state index contributed by atoms with van der Waals surface area (Å²) in [6, 6.07) is 9.41. The van der Waals surface area contributed by atoms with Gasteiger partial charge >= 0.3 is 0 Å². The van der Waals surface area contributed by atoms with Crippen LogP contribution in [-0.2, 0) is 17.9 Å². The molecule has 0 spiro atoms. The van der Waals surface area contributed by atoms with Gasteiger partial charge in [0.2, 0.25) is 0 Å². The molecule has 2 rings (SSSR count). The van der Waals surface area contributed by atoms with Crippen molar-refractivity contribution in [1.29, 1.82) is 0 Å². The second-order valence-corrected chi connectivity index (χ2v) is 6.59. The molecular formula is C17H27NO. The van der Waals surface area contributed by atoms with E-state index in [1.54, 1.807) is 7.11 Å². The average molecular weight is 261 g/mol. The second-order valence-electron chi connectivity index (χ2n) is 6.59. The summed E-state index contributed by atoms with van der Waals surface area (Å²) < 4.78 is 5.13. The summed E-state index contributed by atoms with van der Waals surface area (Å²) >= 11 is 0. The molecule has 0 aliphatic heterocycles. The zero-order valence-electron chi connectivity index (χ0n) is 12.5. The lowest BCUT2D eigenvalue weighted by molar-refractivity contribution is 0.185. The second kappa shape index (κ2) is 6.53. The van der Waals surface area contributed by atoms with E-state index in [2.05, 4.69) is 43.4 Å². The first-order chi connectivity index (χ1) is 9.09. The zero-order chi connectivity index (χ0) is 13.7. The first-order valence-corrected chi connectivity index (χ1v) is 7.39. The van der Waals surface area contributed by atoms with E-state index in [0.29, 0.717) is 18.1 Å². The van der Waals surface area contributed by atoms with Crippen LogP contribution in [0.4, 0.5) is 0 Å². The largest absolute Gasteiger partial charge is 0.380 e. The molecule has 1 aromatic rings. The highest BCUT2D eigenvalue weighted by molar-refractivity contribution is 5.22. The summed E-state index contributed by atoms with van der Waals surface area (Å²) in [5, 5.41) is 3.71. The number of rotatable bonds is 5. The third-order valence-corrected chi connectivity index (χ3v) is 4.13. The summed E-state index contributed by atoms with van der Waals surface area (Å²) in [4.78, 5) is 0. The van der Waals surface area contributed by atoms with E-state index in [1.807, 2.05) is 0 Å². The fourth-order valence-electron chi connectivity index (χ4n) is 3.05. The molecule has 19 heavy (non-hydrogen) atoms. The van der Waals surface area contributed by atoms with E-state index in [-0.39, 0.29) is 0 Å². The molecule has 1 saturated carbocycles. The van der Waals surface area contributed by atoms with Gasteiger partial charge in [-0.15, -0.1) is 0 Å². The maximum atomic E-state index is 5.13. The van der Waals surface area contributed by atoms with Gasteiger partial charge < -0.3 is 10.1 Å². The van der Waals surface area contributed by atoms with Crippen molar-refractivity contribution >= 4 is 0 Å². The van der Waals surface area contributed by atoms with Crippen molar-refractivity contribution in [3.8, 4) is 0 Å². The van der Waals surface area contributed by atoms with Crippen LogP contribution in [0.25, 0.3) is 0 Å². The minimum Gasteiger partial charge on any atom is -0.380 e. The van der Waals surface area contributed by atoms with Crippen LogP contribution in [0.5, 0.6) is 0 Å². The smallest absolute Gasteiger partial charge is 0.0713 e. The standard InChI is InChI=1S/C17H27NO/c1-17(2)10-4-5-16(11-17)18-12-14-6-8-15(9-7-14)13-19-3/h6-9,16,18H,4-5,10-13H2,1-3H3. The Bertz CT molecular complexity index is 383. The van der Waals surface area contributed by atoms with Crippen LogP contribution in [0.3, 0.4) is 0 Å². The van der Waals surface area contributed by atoms with Crippen molar-refractivity contribution < 1.29 is 4.74 Å². The summed E-state index contributed by atoms with van der Waals surface area (Å²) in [5.74, 6) is 0. The van der Waals surface area contributed by atoms with Gasteiger partial charge in [-0.3, -0.25) is 0 Å². The molecule has 1 N–H and O–H groups in total. The topological polar surface area (TPSA) is 21.3 Å². The molecule has 0 aromatic heterocycles. The van der Waals surface area contributed by atoms with Crippen LogP contribution in [0.15, 0.2) is 24.3 Å². The van der Waals surface area contributed by atoms with E-state index < -0.39 is 0 Å². The quantitative estimate of drug-likeness (QED) is 0.868. The van der Waals surface area contributed by atoms with Crippen molar-refractivity contribution in [3.05, 3.63) is 35.4 Å². The lowest BCUT2D eigenvalue weighted by atomic mass is 9.75. The number of methoxy groups -OCH3 is 1. The van der Waals surface area contributed by atoms with Crippen LogP contribution in [0, 0.1) is 5.41 Å². The maximum Gasteiger partial charge on any atom is 0.0713 e. The minimum atomic E-state index is 0.512. The molecule has 0 bridgehead atoms. The Balaban J connectivity index is 1.81. The van der Waals surface area contributed by atoms with Crippen LogP contribution < -0.4 is 5.32 Å². The Morgan fingerprint density at radius 3 is 2.53 bits per heavy atom. The van der Waals surface area contributed by atoms with E-state index in [0.717, 1.165) is 6.54 Å². The van der Waals surface area contributed by atoms with Gasteiger partial charge in [0.25, 0.3) is 0 Å². The first-order valence-electron chi connectivity index (χ1n) is 7.39. The van der Waals surface area contributed by atoms with Gasteiger partial charge in [0.15, 0.2) is 0 Å². The Hall–Kier alpha value is -0.860. The summed E-state index contributed by atoms with van der Waals surface area (Å²) in [7, 11) is 1.74. The number of benzene rings is 1. The van der Waals surface area contributed by atoms with Gasteiger partial charge in [-0.25, -0.2) is 0 Å². The Morgan fingerprint density at radius 2 is 1.89 bits per heavy atom. The molecule has 0 amide bonds. The van der Waals surface area contributed by atoms with Crippen molar-refractivity contribution in [2.24, 2.45) is 5.41 Å². The van der Waals surface area contributed by atoms with Crippen LogP contribution in [0.1, 0.15) is 50.7 Å². The molecule has 2 nitrogen and oxygen atoms in total. The molecule has 1 aliphatic rings. The maximum absolute atomic E-state index is 5.13. The van der Waals surface area contributed by atoms with Crippen molar-refractivity contribution in [2.75, 3.05) is 7.11 Å². The number of hydrogen-bond donors (Lipinski definition) is 1. The Labute approximate surface area is 117 Å². The summed E-state index contributed by atoms with van der Waals surface area (Å²) in [6.07, 6.45) is 5.36. The lowest BCUT2D eigenvalue weighted by Crippen LogP contribution is -2.36. The predicted molar refractivity (Wildman–Crippen MR) is 80.0 cm³/mol. The van der Waals surface area contributed by atoms with Gasteiger partial charge in [-0.05, 0) is 35.8 Å². The normalized spacial score (nSPS) is 22.4. The molecule has 1 unspecified atom stereocenters. The Kier molecular flexibility index (Phi) is 5.00. The molecule has 2 heteroatoms. The van der Waals surface area contributed by atoms with Crippen LogP contribution >= 0.6 is 0 Å². The number of hydrogen-bond acceptors (Lipinski definition) is 2. The molecular weight excluding hydrogens is 234 g/mol. The molecule has 0 saturated heterocycles.